The summed E-state index contributed by atoms with van der Waals surface area (Å²) in [5.74, 6) is 1.77. The van der Waals surface area contributed by atoms with Gasteiger partial charge in [-0.05, 0) is 25.4 Å². The van der Waals surface area contributed by atoms with E-state index in [1.807, 2.05) is 0 Å². The molecule has 0 N–H and O–H groups in total. The molecule has 0 aliphatic rings. The number of aromatic nitrogens is 2. The smallest absolute Gasteiger partial charge is 0.240 e. The largest absolute Gasteiger partial charge is 0.338 e. The van der Waals surface area contributed by atoms with Crippen LogP contribution in [0.5, 0.6) is 0 Å². The van der Waals surface area contributed by atoms with Gasteiger partial charge in [0, 0.05) is 16.8 Å². The molecule has 1 unspecified atom stereocenters. The van der Waals surface area contributed by atoms with E-state index < -0.39 is 0 Å². The Kier molecular flexibility index (Phi) is 4.14. The van der Waals surface area contributed by atoms with Gasteiger partial charge in [-0.2, -0.15) is 4.98 Å². The molecule has 0 amide bonds. The van der Waals surface area contributed by atoms with Crippen LogP contribution in [0.4, 0.5) is 0 Å². The summed E-state index contributed by atoms with van der Waals surface area (Å²) in [7, 11) is 2.07. The van der Waals surface area contributed by atoms with Crippen LogP contribution in [0, 0.1) is 0 Å². The lowest BCUT2D eigenvalue weighted by Gasteiger charge is -2.21. The molecule has 18 heavy (non-hydrogen) atoms. The van der Waals surface area contributed by atoms with Crippen molar-refractivity contribution in [2.45, 2.75) is 39.3 Å². The van der Waals surface area contributed by atoms with Crippen molar-refractivity contribution >= 4 is 11.3 Å². The van der Waals surface area contributed by atoms with Crippen molar-refractivity contribution in [1.29, 1.82) is 0 Å². The SMILES string of the molecule is CC(C)c1noc(CN(C)C(C)c2cccs2)n1. The van der Waals surface area contributed by atoms with Crippen molar-refractivity contribution in [3.8, 4) is 0 Å². The minimum atomic E-state index is 0.308. The normalized spacial score (nSPS) is 13.4. The Bertz CT molecular complexity index is 478. The molecule has 5 heteroatoms. The quantitative estimate of drug-likeness (QED) is 0.830. The maximum absolute atomic E-state index is 5.26. The zero-order valence-electron chi connectivity index (χ0n) is 11.3. The van der Waals surface area contributed by atoms with Gasteiger partial charge in [0.2, 0.25) is 5.89 Å². The Morgan fingerprint density at radius 2 is 2.17 bits per heavy atom. The summed E-state index contributed by atoms with van der Waals surface area (Å²) in [4.78, 5) is 7.96. The molecule has 1 atom stereocenters. The second kappa shape index (κ2) is 5.63. The Labute approximate surface area is 112 Å². The molecule has 0 aliphatic carbocycles. The molecule has 2 rings (SSSR count). The van der Waals surface area contributed by atoms with Crippen molar-refractivity contribution in [2.24, 2.45) is 0 Å². The third-order valence-corrected chi connectivity index (χ3v) is 4.04. The average Bonchev–Trinajstić information content (AvgIpc) is 2.98. The van der Waals surface area contributed by atoms with Crippen LogP contribution in [0.3, 0.4) is 0 Å². The fraction of sp³-hybridized carbons (Fsp3) is 0.538. The first-order valence-electron chi connectivity index (χ1n) is 6.14. The van der Waals surface area contributed by atoms with Crippen LogP contribution in [0.2, 0.25) is 0 Å². The van der Waals surface area contributed by atoms with Crippen molar-refractivity contribution in [3.05, 3.63) is 34.1 Å². The van der Waals surface area contributed by atoms with Crippen molar-refractivity contribution < 1.29 is 4.52 Å². The molecule has 0 saturated carbocycles. The molecular weight excluding hydrogens is 246 g/mol. The van der Waals surface area contributed by atoms with E-state index in [2.05, 4.69) is 60.4 Å². The molecule has 98 valence electrons. The third-order valence-electron chi connectivity index (χ3n) is 3.00. The van der Waals surface area contributed by atoms with Gasteiger partial charge < -0.3 is 4.52 Å². The molecule has 0 radical (unpaired) electrons. The summed E-state index contributed by atoms with van der Waals surface area (Å²) in [6.07, 6.45) is 0. The minimum Gasteiger partial charge on any atom is -0.338 e. The molecule has 0 bridgehead atoms. The summed E-state index contributed by atoms with van der Waals surface area (Å²) in [5.41, 5.74) is 0. The number of nitrogens with zero attached hydrogens (tertiary/aromatic N) is 3. The zero-order valence-corrected chi connectivity index (χ0v) is 12.1. The number of hydrogen-bond donors (Lipinski definition) is 0. The highest BCUT2D eigenvalue weighted by molar-refractivity contribution is 7.10. The van der Waals surface area contributed by atoms with Crippen LogP contribution in [0.15, 0.2) is 22.0 Å². The molecule has 2 heterocycles. The average molecular weight is 265 g/mol. The molecule has 0 aromatic carbocycles. The minimum absolute atomic E-state index is 0.308. The van der Waals surface area contributed by atoms with Gasteiger partial charge in [0.15, 0.2) is 5.82 Å². The van der Waals surface area contributed by atoms with Crippen LogP contribution in [0.25, 0.3) is 0 Å². The van der Waals surface area contributed by atoms with Gasteiger partial charge in [-0.15, -0.1) is 11.3 Å². The van der Waals surface area contributed by atoms with Crippen LogP contribution in [-0.4, -0.2) is 22.1 Å². The van der Waals surface area contributed by atoms with Gasteiger partial charge in [-0.3, -0.25) is 4.90 Å². The topological polar surface area (TPSA) is 42.2 Å². The van der Waals surface area contributed by atoms with Crippen LogP contribution < -0.4 is 0 Å². The first-order chi connectivity index (χ1) is 8.58. The van der Waals surface area contributed by atoms with E-state index in [9.17, 15) is 0 Å². The van der Waals surface area contributed by atoms with Crippen LogP contribution in [-0.2, 0) is 6.54 Å². The standard InChI is InChI=1S/C13H19N3OS/c1-9(2)13-14-12(17-15-13)8-16(4)10(3)11-6-5-7-18-11/h5-7,9-10H,8H2,1-4H3. The first-order valence-corrected chi connectivity index (χ1v) is 7.02. The lowest BCUT2D eigenvalue weighted by Crippen LogP contribution is -2.21. The lowest BCUT2D eigenvalue weighted by atomic mass is 10.2. The molecule has 4 nitrogen and oxygen atoms in total. The summed E-state index contributed by atoms with van der Waals surface area (Å²) in [6, 6.07) is 4.59. The van der Waals surface area contributed by atoms with Crippen molar-refractivity contribution in [2.75, 3.05) is 7.05 Å². The molecule has 0 fully saturated rings. The summed E-state index contributed by atoms with van der Waals surface area (Å²) >= 11 is 1.77. The van der Waals surface area contributed by atoms with E-state index in [1.54, 1.807) is 11.3 Å². The Morgan fingerprint density at radius 3 is 2.72 bits per heavy atom. The van der Waals surface area contributed by atoms with Gasteiger partial charge >= 0.3 is 0 Å². The maximum Gasteiger partial charge on any atom is 0.240 e. The summed E-state index contributed by atoms with van der Waals surface area (Å²) < 4.78 is 5.26. The molecule has 2 aromatic rings. The predicted octanol–water partition coefficient (Wildman–Crippen LogP) is 3.45. The summed E-state index contributed by atoms with van der Waals surface area (Å²) in [5, 5.41) is 6.08. The molecular formula is C13H19N3OS. The Balaban J connectivity index is 2.00. The van der Waals surface area contributed by atoms with Gasteiger partial charge in [0.25, 0.3) is 0 Å². The third kappa shape index (κ3) is 2.97. The molecule has 0 saturated heterocycles. The highest BCUT2D eigenvalue weighted by Gasteiger charge is 2.16. The second-order valence-electron chi connectivity index (χ2n) is 4.81. The molecule has 2 aromatic heterocycles. The number of rotatable bonds is 5. The Morgan fingerprint density at radius 1 is 1.39 bits per heavy atom. The zero-order chi connectivity index (χ0) is 13.1. The van der Waals surface area contributed by atoms with E-state index in [-0.39, 0.29) is 0 Å². The van der Waals surface area contributed by atoms with Gasteiger partial charge in [-0.1, -0.05) is 25.1 Å². The van der Waals surface area contributed by atoms with Crippen LogP contribution in [0.1, 0.15) is 49.3 Å². The maximum atomic E-state index is 5.26. The van der Waals surface area contributed by atoms with Gasteiger partial charge in [-0.25, -0.2) is 0 Å². The molecule has 0 aliphatic heterocycles. The first kappa shape index (κ1) is 13.2. The van der Waals surface area contributed by atoms with E-state index >= 15 is 0 Å². The van der Waals surface area contributed by atoms with E-state index in [4.69, 9.17) is 4.52 Å². The lowest BCUT2D eigenvalue weighted by molar-refractivity contribution is 0.218. The van der Waals surface area contributed by atoms with E-state index in [0.717, 1.165) is 5.82 Å². The van der Waals surface area contributed by atoms with Crippen LogP contribution >= 0.6 is 11.3 Å². The molecule has 0 spiro atoms. The summed E-state index contributed by atoms with van der Waals surface area (Å²) in [6.45, 7) is 6.99. The van der Waals surface area contributed by atoms with E-state index in [1.165, 1.54) is 4.88 Å². The second-order valence-corrected chi connectivity index (χ2v) is 5.79. The van der Waals surface area contributed by atoms with Crippen molar-refractivity contribution in [1.82, 2.24) is 15.0 Å². The predicted molar refractivity (Wildman–Crippen MR) is 72.6 cm³/mol. The highest BCUT2D eigenvalue weighted by atomic mass is 32.1. The highest BCUT2D eigenvalue weighted by Crippen LogP contribution is 2.24. The van der Waals surface area contributed by atoms with E-state index in [0.29, 0.717) is 24.4 Å². The monoisotopic (exact) mass is 265 g/mol. The number of hydrogen-bond acceptors (Lipinski definition) is 5. The van der Waals surface area contributed by atoms with Crippen molar-refractivity contribution in [3.63, 3.8) is 0 Å². The van der Waals surface area contributed by atoms with Gasteiger partial charge in [0.05, 0.1) is 6.54 Å². The fourth-order valence-corrected chi connectivity index (χ4v) is 2.51. The fourth-order valence-electron chi connectivity index (χ4n) is 1.66. The van der Waals surface area contributed by atoms with Gasteiger partial charge in [0.1, 0.15) is 0 Å². The number of thiophene rings is 1. The Hall–Kier alpha value is -1.20.